The summed E-state index contributed by atoms with van der Waals surface area (Å²) in [5, 5.41) is 5.36. The smallest absolute Gasteiger partial charge is 0.255 e. The summed E-state index contributed by atoms with van der Waals surface area (Å²) in [5.74, 6) is 0.141. The minimum absolute atomic E-state index is 0.206. The molecule has 0 radical (unpaired) electrons. The van der Waals surface area contributed by atoms with Crippen LogP contribution < -0.4 is 15.4 Å². The summed E-state index contributed by atoms with van der Waals surface area (Å²) in [7, 11) is 1.56. The Balaban J connectivity index is 1.67. The van der Waals surface area contributed by atoms with Crippen LogP contribution in [0.3, 0.4) is 0 Å². The molecule has 2 N–H and O–H groups in total. The van der Waals surface area contributed by atoms with Crippen molar-refractivity contribution in [3.8, 4) is 5.75 Å². The van der Waals surface area contributed by atoms with Crippen molar-refractivity contribution in [2.45, 2.75) is 6.61 Å². The highest BCUT2D eigenvalue weighted by Crippen LogP contribution is 2.17. The standard InChI is InChI=1S/C22H20N2O3/c1-23-21(25)17-9-5-11-19(13-17)24-22(26)18-10-6-12-20(14-18)27-15-16-7-3-2-4-8-16/h2-14H,15H2,1H3,(H,23,25)(H,24,26). The molecule has 0 saturated carbocycles. The van der Waals surface area contributed by atoms with Gasteiger partial charge >= 0.3 is 0 Å². The fourth-order valence-electron chi connectivity index (χ4n) is 2.55. The molecule has 27 heavy (non-hydrogen) atoms. The highest BCUT2D eigenvalue weighted by atomic mass is 16.5. The number of anilines is 1. The number of amides is 2. The van der Waals surface area contributed by atoms with Crippen LogP contribution in [0.1, 0.15) is 26.3 Å². The van der Waals surface area contributed by atoms with E-state index in [0.717, 1.165) is 5.56 Å². The van der Waals surface area contributed by atoms with Gasteiger partial charge in [0.25, 0.3) is 11.8 Å². The molecule has 0 atom stereocenters. The molecule has 5 nitrogen and oxygen atoms in total. The number of hydrogen-bond acceptors (Lipinski definition) is 3. The van der Waals surface area contributed by atoms with Gasteiger partial charge in [-0.2, -0.15) is 0 Å². The Morgan fingerprint density at radius 2 is 1.52 bits per heavy atom. The number of ether oxygens (including phenoxy) is 1. The predicted octanol–water partition coefficient (Wildman–Crippen LogP) is 3.88. The molecular formula is C22H20N2O3. The predicted molar refractivity (Wildman–Crippen MR) is 105 cm³/mol. The molecule has 0 spiro atoms. The summed E-state index contributed by atoms with van der Waals surface area (Å²) >= 11 is 0. The summed E-state index contributed by atoms with van der Waals surface area (Å²) in [6.45, 7) is 0.431. The number of carbonyl (C=O) groups excluding carboxylic acids is 2. The zero-order valence-electron chi connectivity index (χ0n) is 14.9. The Hall–Kier alpha value is -3.60. The molecule has 0 aliphatic heterocycles. The molecule has 0 aliphatic rings. The Kier molecular flexibility index (Phi) is 5.84. The Morgan fingerprint density at radius 1 is 0.815 bits per heavy atom. The zero-order chi connectivity index (χ0) is 19.1. The van der Waals surface area contributed by atoms with Crippen molar-refractivity contribution in [3.05, 3.63) is 95.6 Å². The first-order chi connectivity index (χ1) is 13.2. The lowest BCUT2D eigenvalue weighted by molar-refractivity contribution is 0.0961. The van der Waals surface area contributed by atoms with E-state index in [2.05, 4.69) is 10.6 Å². The first kappa shape index (κ1) is 18.2. The maximum absolute atomic E-state index is 12.5. The fourth-order valence-corrected chi connectivity index (χ4v) is 2.55. The second-order valence-corrected chi connectivity index (χ2v) is 5.92. The number of carbonyl (C=O) groups is 2. The molecule has 0 heterocycles. The van der Waals surface area contributed by atoms with E-state index in [-0.39, 0.29) is 11.8 Å². The maximum Gasteiger partial charge on any atom is 0.255 e. The summed E-state index contributed by atoms with van der Waals surface area (Å²) in [6.07, 6.45) is 0. The molecule has 0 aliphatic carbocycles. The molecule has 3 aromatic carbocycles. The van der Waals surface area contributed by atoms with Crippen LogP contribution in [0.25, 0.3) is 0 Å². The van der Waals surface area contributed by atoms with Gasteiger partial charge in [-0.3, -0.25) is 9.59 Å². The van der Waals surface area contributed by atoms with Crippen molar-refractivity contribution in [3.63, 3.8) is 0 Å². The molecule has 136 valence electrons. The molecule has 0 fully saturated rings. The van der Waals surface area contributed by atoms with Gasteiger partial charge in [-0.1, -0.05) is 42.5 Å². The molecule has 0 saturated heterocycles. The number of benzene rings is 3. The Labute approximate surface area is 158 Å². The minimum Gasteiger partial charge on any atom is -0.489 e. The van der Waals surface area contributed by atoms with Crippen LogP contribution in [0, 0.1) is 0 Å². The Morgan fingerprint density at radius 3 is 2.26 bits per heavy atom. The lowest BCUT2D eigenvalue weighted by Gasteiger charge is -2.10. The number of hydrogen-bond donors (Lipinski definition) is 2. The van der Waals surface area contributed by atoms with Crippen LogP contribution in [0.4, 0.5) is 5.69 Å². The third-order valence-electron chi connectivity index (χ3n) is 3.95. The van der Waals surface area contributed by atoms with Crippen LogP contribution in [-0.4, -0.2) is 18.9 Å². The van der Waals surface area contributed by atoms with Crippen molar-refractivity contribution in [2.75, 3.05) is 12.4 Å². The van der Waals surface area contributed by atoms with E-state index >= 15 is 0 Å². The van der Waals surface area contributed by atoms with E-state index in [9.17, 15) is 9.59 Å². The van der Waals surface area contributed by atoms with Crippen LogP contribution >= 0.6 is 0 Å². The highest BCUT2D eigenvalue weighted by molar-refractivity contribution is 6.05. The van der Waals surface area contributed by atoms with Gasteiger partial charge < -0.3 is 15.4 Å². The monoisotopic (exact) mass is 360 g/mol. The average molecular weight is 360 g/mol. The SMILES string of the molecule is CNC(=O)c1cccc(NC(=O)c2cccc(OCc3ccccc3)c2)c1. The Bertz CT molecular complexity index is 939. The third-order valence-corrected chi connectivity index (χ3v) is 3.95. The largest absolute Gasteiger partial charge is 0.489 e. The van der Waals surface area contributed by atoms with Gasteiger partial charge in [0.1, 0.15) is 12.4 Å². The summed E-state index contributed by atoms with van der Waals surface area (Å²) < 4.78 is 5.77. The lowest BCUT2D eigenvalue weighted by atomic mass is 10.1. The van der Waals surface area contributed by atoms with Crippen molar-refractivity contribution < 1.29 is 14.3 Å². The quantitative estimate of drug-likeness (QED) is 0.701. The van der Waals surface area contributed by atoms with Gasteiger partial charge in [0, 0.05) is 23.9 Å². The molecule has 2 amide bonds. The molecular weight excluding hydrogens is 340 g/mol. The average Bonchev–Trinajstić information content (AvgIpc) is 2.73. The zero-order valence-corrected chi connectivity index (χ0v) is 14.9. The molecule has 3 aromatic rings. The van der Waals surface area contributed by atoms with Crippen molar-refractivity contribution in [1.29, 1.82) is 0 Å². The molecule has 0 bridgehead atoms. The van der Waals surface area contributed by atoms with E-state index in [4.69, 9.17) is 4.74 Å². The first-order valence-electron chi connectivity index (χ1n) is 8.56. The van der Waals surface area contributed by atoms with Gasteiger partial charge in [0.15, 0.2) is 0 Å². The van der Waals surface area contributed by atoms with Gasteiger partial charge in [-0.15, -0.1) is 0 Å². The van der Waals surface area contributed by atoms with Crippen LogP contribution in [0.5, 0.6) is 5.75 Å². The molecule has 5 heteroatoms. The third kappa shape index (κ3) is 4.95. The summed E-state index contributed by atoms with van der Waals surface area (Å²) in [4.78, 5) is 24.2. The van der Waals surface area contributed by atoms with E-state index in [0.29, 0.717) is 29.2 Å². The van der Waals surface area contributed by atoms with Gasteiger partial charge in [0.2, 0.25) is 0 Å². The second kappa shape index (κ2) is 8.67. The summed E-state index contributed by atoms with van der Waals surface area (Å²) in [5.41, 5.74) is 2.57. The molecule has 0 aromatic heterocycles. The van der Waals surface area contributed by atoms with Crippen molar-refractivity contribution in [2.24, 2.45) is 0 Å². The highest BCUT2D eigenvalue weighted by Gasteiger charge is 2.09. The lowest BCUT2D eigenvalue weighted by Crippen LogP contribution is -2.18. The van der Waals surface area contributed by atoms with Crippen molar-refractivity contribution in [1.82, 2.24) is 5.32 Å². The van der Waals surface area contributed by atoms with Gasteiger partial charge in [-0.25, -0.2) is 0 Å². The topological polar surface area (TPSA) is 67.4 Å². The van der Waals surface area contributed by atoms with Crippen LogP contribution in [-0.2, 0) is 6.61 Å². The van der Waals surface area contributed by atoms with E-state index in [1.807, 2.05) is 36.4 Å². The normalized spacial score (nSPS) is 10.1. The van der Waals surface area contributed by atoms with E-state index in [1.54, 1.807) is 49.5 Å². The van der Waals surface area contributed by atoms with E-state index < -0.39 is 0 Å². The van der Waals surface area contributed by atoms with Gasteiger partial charge in [0.05, 0.1) is 0 Å². The van der Waals surface area contributed by atoms with Gasteiger partial charge in [-0.05, 0) is 42.0 Å². The molecule has 3 rings (SSSR count). The first-order valence-corrected chi connectivity index (χ1v) is 8.56. The van der Waals surface area contributed by atoms with E-state index in [1.165, 1.54) is 0 Å². The van der Waals surface area contributed by atoms with Crippen LogP contribution in [0.2, 0.25) is 0 Å². The minimum atomic E-state index is -0.269. The fraction of sp³-hybridized carbons (Fsp3) is 0.0909. The number of nitrogens with one attached hydrogen (secondary N) is 2. The molecule has 0 unspecified atom stereocenters. The number of rotatable bonds is 6. The second-order valence-electron chi connectivity index (χ2n) is 5.92. The summed E-state index contributed by atoms with van der Waals surface area (Å²) in [6, 6.07) is 23.6. The van der Waals surface area contributed by atoms with Crippen LogP contribution in [0.15, 0.2) is 78.9 Å². The van der Waals surface area contributed by atoms with Crippen molar-refractivity contribution >= 4 is 17.5 Å². The maximum atomic E-state index is 12.5.